The second-order valence-electron chi connectivity index (χ2n) is 5.22. The second kappa shape index (κ2) is 6.58. The molecule has 1 atom stereocenters. The van der Waals surface area contributed by atoms with E-state index in [1.165, 1.54) is 11.1 Å². The number of hydrogen-bond donors (Lipinski definition) is 1. The lowest BCUT2D eigenvalue weighted by molar-refractivity contribution is 0.446. The summed E-state index contributed by atoms with van der Waals surface area (Å²) in [4.78, 5) is 0. The zero-order chi connectivity index (χ0) is 13.7. The molecule has 0 radical (unpaired) electrons. The summed E-state index contributed by atoms with van der Waals surface area (Å²) in [7, 11) is 0. The molecule has 2 nitrogen and oxygen atoms in total. The van der Waals surface area contributed by atoms with Crippen LogP contribution in [0.3, 0.4) is 0 Å². The topological polar surface area (TPSA) is 25.2 Å². The Bertz CT molecular complexity index is 470. The number of hydrogen-bond acceptors (Lipinski definition) is 2. The molecule has 0 aliphatic heterocycles. The summed E-state index contributed by atoms with van der Waals surface area (Å²) in [6.07, 6.45) is 2.85. The van der Waals surface area contributed by atoms with Crippen LogP contribution in [0.15, 0.2) is 47.1 Å². The summed E-state index contributed by atoms with van der Waals surface area (Å²) in [5.41, 5.74) is 2.63. The van der Waals surface area contributed by atoms with Crippen molar-refractivity contribution in [1.82, 2.24) is 5.32 Å². The molecule has 0 amide bonds. The Hall–Kier alpha value is -1.54. The lowest BCUT2D eigenvalue weighted by atomic mass is 9.98. The molecule has 1 aromatic heterocycles. The van der Waals surface area contributed by atoms with Crippen molar-refractivity contribution in [3.8, 4) is 0 Å². The molecule has 2 heteroatoms. The Balaban J connectivity index is 2.22. The minimum Gasteiger partial charge on any atom is -0.467 e. The molecule has 19 heavy (non-hydrogen) atoms. The highest BCUT2D eigenvalue weighted by atomic mass is 16.3. The van der Waals surface area contributed by atoms with Crippen LogP contribution in [0.1, 0.15) is 56.0 Å². The summed E-state index contributed by atoms with van der Waals surface area (Å²) in [5.74, 6) is 1.55. The van der Waals surface area contributed by atoms with Gasteiger partial charge < -0.3 is 9.73 Å². The van der Waals surface area contributed by atoms with Crippen LogP contribution in [0.25, 0.3) is 0 Å². The van der Waals surface area contributed by atoms with Crippen LogP contribution in [0.2, 0.25) is 0 Å². The van der Waals surface area contributed by atoms with Crippen LogP contribution < -0.4 is 5.32 Å². The first-order valence-electron chi connectivity index (χ1n) is 7.09. The average Bonchev–Trinajstić information content (AvgIpc) is 2.94. The normalized spacial score (nSPS) is 12.8. The first-order chi connectivity index (χ1) is 9.22. The van der Waals surface area contributed by atoms with Crippen molar-refractivity contribution in [3.05, 3.63) is 59.5 Å². The van der Waals surface area contributed by atoms with E-state index in [0.717, 1.165) is 18.7 Å². The van der Waals surface area contributed by atoms with Gasteiger partial charge in [-0.2, -0.15) is 0 Å². The maximum absolute atomic E-state index is 5.56. The van der Waals surface area contributed by atoms with E-state index in [9.17, 15) is 0 Å². The summed E-state index contributed by atoms with van der Waals surface area (Å²) >= 11 is 0. The average molecular weight is 257 g/mol. The number of rotatable bonds is 6. The molecule has 1 heterocycles. The van der Waals surface area contributed by atoms with Crippen molar-refractivity contribution in [1.29, 1.82) is 0 Å². The van der Waals surface area contributed by atoms with E-state index in [-0.39, 0.29) is 6.04 Å². The third kappa shape index (κ3) is 3.48. The predicted molar refractivity (Wildman–Crippen MR) is 79.4 cm³/mol. The summed E-state index contributed by atoms with van der Waals surface area (Å²) < 4.78 is 5.56. The van der Waals surface area contributed by atoms with Gasteiger partial charge in [-0.15, -0.1) is 0 Å². The van der Waals surface area contributed by atoms with Crippen LogP contribution in [-0.2, 0) is 0 Å². The number of benzene rings is 1. The van der Waals surface area contributed by atoms with Crippen molar-refractivity contribution >= 4 is 0 Å². The van der Waals surface area contributed by atoms with Gasteiger partial charge in [-0.3, -0.25) is 0 Å². The van der Waals surface area contributed by atoms with E-state index in [1.807, 2.05) is 12.1 Å². The van der Waals surface area contributed by atoms with Crippen LogP contribution in [0.4, 0.5) is 0 Å². The molecule has 0 fully saturated rings. The summed E-state index contributed by atoms with van der Waals surface area (Å²) in [6.45, 7) is 7.59. The maximum Gasteiger partial charge on any atom is 0.125 e. The molecule has 0 spiro atoms. The molecule has 0 bridgehead atoms. The quantitative estimate of drug-likeness (QED) is 0.824. The van der Waals surface area contributed by atoms with E-state index in [0.29, 0.717) is 5.92 Å². The van der Waals surface area contributed by atoms with Crippen molar-refractivity contribution in [2.24, 2.45) is 0 Å². The molecule has 0 aliphatic carbocycles. The molecule has 2 rings (SSSR count). The minimum atomic E-state index is 0.149. The Kier molecular flexibility index (Phi) is 4.80. The molecule has 0 saturated carbocycles. The van der Waals surface area contributed by atoms with Gasteiger partial charge in [-0.25, -0.2) is 0 Å². The second-order valence-corrected chi connectivity index (χ2v) is 5.22. The Morgan fingerprint density at radius 2 is 1.74 bits per heavy atom. The SMILES string of the molecule is CCCNC(c1ccc(C(C)C)cc1)c1ccco1. The highest BCUT2D eigenvalue weighted by molar-refractivity contribution is 5.31. The van der Waals surface area contributed by atoms with Gasteiger partial charge in [0.05, 0.1) is 12.3 Å². The zero-order valence-corrected chi connectivity index (χ0v) is 12.0. The first-order valence-corrected chi connectivity index (χ1v) is 7.09. The van der Waals surface area contributed by atoms with E-state index in [1.54, 1.807) is 6.26 Å². The Labute approximate surface area is 115 Å². The first kappa shape index (κ1) is 13.9. The van der Waals surface area contributed by atoms with Crippen molar-refractivity contribution in [3.63, 3.8) is 0 Å². The van der Waals surface area contributed by atoms with E-state index in [2.05, 4.69) is 50.4 Å². The zero-order valence-electron chi connectivity index (χ0n) is 12.0. The van der Waals surface area contributed by atoms with Crippen LogP contribution >= 0.6 is 0 Å². The van der Waals surface area contributed by atoms with Crippen LogP contribution in [0.5, 0.6) is 0 Å². The van der Waals surface area contributed by atoms with Crippen molar-refractivity contribution in [2.45, 2.75) is 39.2 Å². The Morgan fingerprint density at radius 3 is 2.26 bits per heavy atom. The molecule has 0 saturated heterocycles. The largest absolute Gasteiger partial charge is 0.467 e. The van der Waals surface area contributed by atoms with Gasteiger partial charge in [-0.1, -0.05) is 45.0 Å². The van der Waals surface area contributed by atoms with E-state index in [4.69, 9.17) is 4.42 Å². The molecule has 2 aromatic rings. The third-order valence-electron chi connectivity index (χ3n) is 3.36. The molecular formula is C17H23NO. The number of furan rings is 1. The number of nitrogens with one attached hydrogen (secondary N) is 1. The Morgan fingerprint density at radius 1 is 1.05 bits per heavy atom. The van der Waals surface area contributed by atoms with E-state index >= 15 is 0 Å². The molecule has 1 aromatic carbocycles. The third-order valence-corrected chi connectivity index (χ3v) is 3.36. The summed E-state index contributed by atoms with van der Waals surface area (Å²) in [5, 5.41) is 3.54. The van der Waals surface area contributed by atoms with Gasteiger partial charge in [-0.05, 0) is 42.1 Å². The molecule has 0 aliphatic rings. The fourth-order valence-electron chi connectivity index (χ4n) is 2.20. The molecule has 1 unspecified atom stereocenters. The van der Waals surface area contributed by atoms with Gasteiger partial charge in [0, 0.05) is 0 Å². The van der Waals surface area contributed by atoms with Gasteiger partial charge >= 0.3 is 0 Å². The fourth-order valence-corrected chi connectivity index (χ4v) is 2.20. The van der Waals surface area contributed by atoms with Crippen molar-refractivity contribution < 1.29 is 4.42 Å². The summed E-state index contributed by atoms with van der Waals surface area (Å²) in [6, 6.07) is 12.9. The molecule has 102 valence electrons. The van der Waals surface area contributed by atoms with Crippen LogP contribution in [-0.4, -0.2) is 6.54 Å². The van der Waals surface area contributed by atoms with Crippen LogP contribution in [0, 0.1) is 0 Å². The van der Waals surface area contributed by atoms with Gasteiger partial charge in [0.15, 0.2) is 0 Å². The lowest BCUT2D eigenvalue weighted by Crippen LogP contribution is -2.22. The highest BCUT2D eigenvalue weighted by Gasteiger charge is 2.15. The molecular weight excluding hydrogens is 234 g/mol. The molecule has 1 N–H and O–H groups in total. The van der Waals surface area contributed by atoms with Crippen molar-refractivity contribution in [2.75, 3.05) is 6.54 Å². The fraction of sp³-hybridized carbons (Fsp3) is 0.412. The van der Waals surface area contributed by atoms with Gasteiger partial charge in [0.25, 0.3) is 0 Å². The smallest absolute Gasteiger partial charge is 0.125 e. The van der Waals surface area contributed by atoms with Gasteiger partial charge in [0.1, 0.15) is 5.76 Å². The maximum atomic E-state index is 5.56. The monoisotopic (exact) mass is 257 g/mol. The van der Waals surface area contributed by atoms with E-state index < -0.39 is 0 Å². The minimum absolute atomic E-state index is 0.149. The lowest BCUT2D eigenvalue weighted by Gasteiger charge is -2.17. The standard InChI is InChI=1S/C17H23NO/c1-4-11-18-17(16-6-5-12-19-16)15-9-7-14(8-10-15)13(2)3/h5-10,12-13,17-18H,4,11H2,1-3H3. The van der Waals surface area contributed by atoms with Gasteiger partial charge in [0.2, 0.25) is 0 Å². The highest BCUT2D eigenvalue weighted by Crippen LogP contribution is 2.24. The predicted octanol–water partition coefficient (Wildman–Crippen LogP) is 4.49.